The topological polar surface area (TPSA) is 87.1 Å². The van der Waals surface area contributed by atoms with Crippen LogP contribution < -0.4 is 5.73 Å². The van der Waals surface area contributed by atoms with Crippen LogP contribution in [0.25, 0.3) is 11.5 Å². The van der Waals surface area contributed by atoms with Gasteiger partial charge in [-0.15, -0.1) is 0 Å². The van der Waals surface area contributed by atoms with Crippen molar-refractivity contribution in [2.24, 2.45) is 5.41 Å². The number of nitrogen functional groups attached to an aromatic ring is 1. The molecule has 19 heavy (non-hydrogen) atoms. The Morgan fingerprint density at radius 2 is 2.05 bits per heavy atom. The fourth-order valence-electron chi connectivity index (χ4n) is 1.94. The first-order valence-corrected chi connectivity index (χ1v) is 6.70. The van der Waals surface area contributed by atoms with Crippen molar-refractivity contribution in [3.05, 3.63) is 11.5 Å². The molecular formula is C12H18N4O2S. The van der Waals surface area contributed by atoms with Crippen LogP contribution in [-0.2, 0) is 4.74 Å². The molecule has 7 heteroatoms. The number of aromatic nitrogens is 3. The van der Waals surface area contributed by atoms with E-state index in [0.717, 1.165) is 5.69 Å². The van der Waals surface area contributed by atoms with Crippen molar-refractivity contribution in [1.29, 1.82) is 0 Å². The van der Waals surface area contributed by atoms with E-state index in [-0.39, 0.29) is 11.5 Å². The van der Waals surface area contributed by atoms with Gasteiger partial charge in [-0.2, -0.15) is 9.36 Å². The van der Waals surface area contributed by atoms with Crippen LogP contribution in [0.5, 0.6) is 0 Å². The van der Waals surface area contributed by atoms with Crippen molar-refractivity contribution < 1.29 is 9.26 Å². The average molecular weight is 282 g/mol. The van der Waals surface area contributed by atoms with Crippen molar-refractivity contribution in [1.82, 2.24) is 14.5 Å². The van der Waals surface area contributed by atoms with Crippen molar-refractivity contribution in [3.63, 3.8) is 0 Å². The molecule has 0 amide bonds. The average Bonchev–Trinajstić information content (AvgIpc) is 2.86. The SMILES string of the molecule is COC(c1noc(-c2c(C)nsc2N)n1)C(C)(C)C. The zero-order valence-electron chi connectivity index (χ0n) is 11.7. The molecule has 0 aliphatic rings. The second-order valence-corrected chi connectivity index (χ2v) is 6.25. The van der Waals surface area contributed by atoms with Gasteiger partial charge in [-0.1, -0.05) is 25.9 Å². The molecule has 2 heterocycles. The highest BCUT2D eigenvalue weighted by Crippen LogP contribution is 2.36. The molecule has 2 N–H and O–H groups in total. The Balaban J connectivity index is 2.39. The molecule has 1 unspecified atom stereocenters. The van der Waals surface area contributed by atoms with Crippen LogP contribution in [0.1, 0.15) is 38.4 Å². The van der Waals surface area contributed by atoms with E-state index in [1.54, 1.807) is 7.11 Å². The molecule has 0 aromatic carbocycles. The summed E-state index contributed by atoms with van der Waals surface area (Å²) in [5, 5.41) is 4.58. The third kappa shape index (κ3) is 2.62. The Bertz CT molecular complexity index is 551. The Kier molecular flexibility index (Phi) is 3.60. The minimum Gasteiger partial charge on any atom is -0.389 e. The maximum Gasteiger partial charge on any atom is 0.262 e. The summed E-state index contributed by atoms with van der Waals surface area (Å²) < 4.78 is 14.9. The van der Waals surface area contributed by atoms with Gasteiger partial charge in [0.25, 0.3) is 5.89 Å². The standard InChI is InChI=1S/C12H18N4O2S/c1-6-7(9(13)19-16-6)11-14-10(15-18-11)8(17-5)12(2,3)4/h8H,13H2,1-5H3. The molecule has 0 saturated heterocycles. The molecule has 0 radical (unpaired) electrons. The lowest BCUT2D eigenvalue weighted by Crippen LogP contribution is -2.21. The van der Waals surface area contributed by atoms with Crippen LogP contribution in [0.4, 0.5) is 5.00 Å². The predicted molar refractivity (Wildman–Crippen MR) is 73.8 cm³/mol. The van der Waals surface area contributed by atoms with Gasteiger partial charge in [-0.3, -0.25) is 0 Å². The molecule has 6 nitrogen and oxygen atoms in total. The van der Waals surface area contributed by atoms with Crippen molar-refractivity contribution >= 4 is 16.5 Å². The summed E-state index contributed by atoms with van der Waals surface area (Å²) in [6.07, 6.45) is -0.238. The summed E-state index contributed by atoms with van der Waals surface area (Å²) >= 11 is 1.22. The van der Waals surface area contributed by atoms with Crippen molar-refractivity contribution in [3.8, 4) is 11.5 Å². The molecule has 2 aromatic rings. The van der Waals surface area contributed by atoms with Gasteiger partial charge in [0.05, 0.1) is 11.3 Å². The Morgan fingerprint density at radius 1 is 1.37 bits per heavy atom. The van der Waals surface area contributed by atoms with Crippen molar-refractivity contribution in [2.75, 3.05) is 12.8 Å². The Labute approximate surface area is 116 Å². The van der Waals surface area contributed by atoms with Crippen molar-refractivity contribution in [2.45, 2.75) is 33.8 Å². The van der Waals surface area contributed by atoms with Crippen LogP contribution >= 0.6 is 11.5 Å². The second kappa shape index (κ2) is 4.90. The van der Waals surface area contributed by atoms with Gasteiger partial charge in [0, 0.05) is 7.11 Å². The Morgan fingerprint density at radius 3 is 2.53 bits per heavy atom. The molecular weight excluding hydrogens is 264 g/mol. The van der Waals surface area contributed by atoms with Gasteiger partial charge in [0.1, 0.15) is 11.1 Å². The van der Waals surface area contributed by atoms with Crippen LogP contribution in [0.2, 0.25) is 0 Å². The highest BCUT2D eigenvalue weighted by Gasteiger charge is 2.31. The van der Waals surface area contributed by atoms with Gasteiger partial charge in [-0.25, -0.2) is 0 Å². The molecule has 2 rings (SSSR count). The molecule has 0 saturated carbocycles. The number of anilines is 1. The van der Waals surface area contributed by atoms with E-state index in [0.29, 0.717) is 22.3 Å². The number of methoxy groups -OCH3 is 1. The normalized spacial score (nSPS) is 13.7. The fraction of sp³-hybridized carbons (Fsp3) is 0.583. The van der Waals surface area contributed by atoms with E-state index in [1.807, 2.05) is 6.92 Å². The number of nitrogens with zero attached hydrogens (tertiary/aromatic N) is 3. The molecule has 0 aliphatic carbocycles. The highest BCUT2D eigenvalue weighted by atomic mass is 32.1. The number of hydrogen-bond donors (Lipinski definition) is 1. The molecule has 104 valence electrons. The maximum absolute atomic E-state index is 5.87. The minimum atomic E-state index is -0.238. The smallest absolute Gasteiger partial charge is 0.262 e. The number of rotatable bonds is 3. The minimum absolute atomic E-state index is 0.122. The second-order valence-electron chi connectivity index (χ2n) is 5.45. The van der Waals surface area contributed by atoms with E-state index >= 15 is 0 Å². The zero-order chi connectivity index (χ0) is 14.2. The summed E-state index contributed by atoms with van der Waals surface area (Å²) in [6.45, 7) is 8.04. The molecule has 0 fully saturated rings. The Hall–Kier alpha value is -1.47. The monoisotopic (exact) mass is 282 g/mol. The lowest BCUT2D eigenvalue weighted by atomic mass is 9.88. The first-order valence-electron chi connectivity index (χ1n) is 5.93. The van der Waals surface area contributed by atoms with E-state index in [9.17, 15) is 0 Å². The quantitative estimate of drug-likeness (QED) is 0.931. The van der Waals surface area contributed by atoms with E-state index in [2.05, 4.69) is 35.3 Å². The van der Waals surface area contributed by atoms with E-state index in [1.165, 1.54) is 11.5 Å². The first-order chi connectivity index (χ1) is 8.84. The van der Waals surface area contributed by atoms with Gasteiger partial charge in [0.2, 0.25) is 5.82 Å². The number of nitrogens with two attached hydrogens (primary N) is 1. The summed E-state index contributed by atoms with van der Waals surface area (Å²) in [5.74, 6) is 0.917. The molecule has 0 spiro atoms. The zero-order valence-corrected chi connectivity index (χ0v) is 12.5. The largest absolute Gasteiger partial charge is 0.389 e. The van der Waals surface area contributed by atoms with Gasteiger partial charge < -0.3 is 15.0 Å². The van der Waals surface area contributed by atoms with Crippen LogP contribution in [0.3, 0.4) is 0 Å². The third-order valence-corrected chi connectivity index (χ3v) is 3.57. The summed E-state index contributed by atoms with van der Waals surface area (Å²) in [5.41, 5.74) is 7.26. The third-order valence-electron chi connectivity index (χ3n) is 2.80. The lowest BCUT2D eigenvalue weighted by Gasteiger charge is -2.26. The van der Waals surface area contributed by atoms with Gasteiger partial charge in [0.15, 0.2) is 0 Å². The van der Waals surface area contributed by atoms with Gasteiger partial charge in [-0.05, 0) is 23.9 Å². The predicted octanol–water partition coefficient (Wildman–Crippen LogP) is 2.82. The van der Waals surface area contributed by atoms with E-state index < -0.39 is 0 Å². The summed E-state index contributed by atoms with van der Waals surface area (Å²) in [4.78, 5) is 4.40. The van der Waals surface area contributed by atoms with E-state index in [4.69, 9.17) is 15.0 Å². The van der Waals surface area contributed by atoms with Crippen LogP contribution in [-0.4, -0.2) is 21.6 Å². The number of ether oxygens (including phenoxy) is 1. The molecule has 2 aromatic heterocycles. The molecule has 0 aliphatic heterocycles. The fourth-order valence-corrected chi connectivity index (χ4v) is 2.59. The summed E-state index contributed by atoms with van der Waals surface area (Å²) in [6, 6.07) is 0. The molecule has 1 atom stereocenters. The lowest BCUT2D eigenvalue weighted by molar-refractivity contribution is 0.00718. The van der Waals surface area contributed by atoms with Crippen LogP contribution in [0, 0.1) is 12.3 Å². The number of aryl methyl sites for hydroxylation is 1. The first kappa shape index (κ1) is 14.0. The number of hydrogen-bond acceptors (Lipinski definition) is 7. The van der Waals surface area contributed by atoms with Gasteiger partial charge >= 0.3 is 0 Å². The van der Waals surface area contributed by atoms with Crippen LogP contribution in [0.15, 0.2) is 4.52 Å². The molecule has 0 bridgehead atoms. The summed E-state index contributed by atoms with van der Waals surface area (Å²) in [7, 11) is 1.64. The maximum atomic E-state index is 5.87. The highest BCUT2D eigenvalue weighted by molar-refractivity contribution is 7.10.